The Morgan fingerprint density at radius 1 is 1.26 bits per heavy atom. The second-order valence-corrected chi connectivity index (χ2v) is 6.35. The summed E-state index contributed by atoms with van der Waals surface area (Å²) >= 11 is 2.22. The van der Waals surface area contributed by atoms with Crippen molar-refractivity contribution < 1.29 is 4.79 Å². The molecule has 6 heteroatoms. The maximum Gasteiger partial charge on any atom is 0.269 e. The number of anilines is 1. The molecular weight excluding hydrogens is 405 g/mol. The molecule has 0 fully saturated rings. The average molecular weight is 419 g/mol. The van der Waals surface area contributed by atoms with Gasteiger partial charge in [-0.25, -0.2) is 4.98 Å². The molecule has 0 aliphatic rings. The Kier molecular flexibility index (Phi) is 4.42. The number of hydrogen-bond donors (Lipinski definition) is 1. The molecule has 0 radical (unpaired) electrons. The third-order valence-electron chi connectivity index (χ3n) is 3.51. The van der Waals surface area contributed by atoms with Crippen molar-refractivity contribution >= 4 is 45.2 Å². The Morgan fingerprint density at radius 2 is 2.04 bits per heavy atom. The van der Waals surface area contributed by atoms with E-state index in [0.29, 0.717) is 11.0 Å². The molecule has 0 atom stereocenters. The normalized spacial score (nSPS) is 10.7. The highest BCUT2D eigenvalue weighted by atomic mass is 127. The molecule has 0 saturated carbocycles. The first kappa shape index (κ1) is 15.7. The van der Waals surface area contributed by atoms with Crippen LogP contribution in [-0.2, 0) is 11.3 Å². The Hall–Kier alpha value is -2.22. The second kappa shape index (κ2) is 6.49. The SMILES string of the molecule is Cc1ccc(NC(=O)Cn2c(=O)cnc3ccccc32)cc1I. The van der Waals surface area contributed by atoms with Crippen molar-refractivity contribution in [2.24, 2.45) is 0 Å². The fourth-order valence-electron chi connectivity index (χ4n) is 2.29. The molecule has 1 aromatic heterocycles. The van der Waals surface area contributed by atoms with Gasteiger partial charge in [-0.2, -0.15) is 0 Å². The predicted molar refractivity (Wildman–Crippen MR) is 98.5 cm³/mol. The van der Waals surface area contributed by atoms with Crippen molar-refractivity contribution in [1.29, 1.82) is 0 Å². The second-order valence-electron chi connectivity index (χ2n) is 5.18. The van der Waals surface area contributed by atoms with Crippen molar-refractivity contribution in [2.45, 2.75) is 13.5 Å². The third-order valence-corrected chi connectivity index (χ3v) is 4.67. The Morgan fingerprint density at radius 3 is 2.83 bits per heavy atom. The molecule has 0 unspecified atom stereocenters. The van der Waals surface area contributed by atoms with Crippen LogP contribution < -0.4 is 10.9 Å². The van der Waals surface area contributed by atoms with Gasteiger partial charge in [-0.3, -0.25) is 14.2 Å². The van der Waals surface area contributed by atoms with Gasteiger partial charge in [0.05, 0.1) is 17.2 Å². The van der Waals surface area contributed by atoms with Crippen LogP contribution in [-0.4, -0.2) is 15.5 Å². The summed E-state index contributed by atoms with van der Waals surface area (Å²) in [6.45, 7) is 1.96. The number of carbonyl (C=O) groups is 1. The summed E-state index contributed by atoms with van der Waals surface area (Å²) in [5.41, 5.74) is 2.91. The standard InChI is InChI=1S/C17H14IN3O2/c1-11-6-7-12(8-13(11)18)20-16(22)10-21-15-5-3-2-4-14(15)19-9-17(21)23/h2-9H,10H2,1H3,(H,20,22). The summed E-state index contributed by atoms with van der Waals surface area (Å²) in [6, 6.07) is 13.0. The number of amides is 1. The number of benzene rings is 2. The van der Waals surface area contributed by atoms with E-state index in [2.05, 4.69) is 32.9 Å². The van der Waals surface area contributed by atoms with Gasteiger partial charge >= 0.3 is 0 Å². The van der Waals surface area contributed by atoms with E-state index in [1.54, 1.807) is 6.07 Å². The molecule has 3 rings (SSSR count). The Labute approximate surface area is 146 Å². The smallest absolute Gasteiger partial charge is 0.269 e. The topological polar surface area (TPSA) is 64.0 Å². The molecule has 5 nitrogen and oxygen atoms in total. The van der Waals surface area contributed by atoms with Gasteiger partial charge in [-0.1, -0.05) is 18.2 Å². The van der Waals surface area contributed by atoms with E-state index in [0.717, 1.165) is 14.8 Å². The summed E-state index contributed by atoms with van der Waals surface area (Å²) < 4.78 is 2.50. The van der Waals surface area contributed by atoms with Crippen molar-refractivity contribution in [3.63, 3.8) is 0 Å². The maximum atomic E-state index is 12.3. The number of carbonyl (C=O) groups excluding carboxylic acids is 1. The molecule has 2 aromatic carbocycles. The summed E-state index contributed by atoms with van der Waals surface area (Å²) in [5, 5.41) is 2.83. The van der Waals surface area contributed by atoms with E-state index in [4.69, 9.17) is 0 Å². The zero-order chi connectivity index (χ0) is 16.4. The highest BCUT2D eigenvalue weighted by Gasteiger charge is 2.09. The fraction of sp³-hybridized carbons (Fsp3) is 0.118. The van der Waals surface area contributed by atoms with Crippen molar-refractivity contribution in [1.82, 2.24) is 9.55 Å². The van der Waals surface area contributed by atoms with Gasteiger partial charge in [0.15, 0.2) is 0 Å². The molecule has 0 aliphatic carbocycles. The summed E-state index contributed by atoms with van der Waals surface area (Å²) in [6.07, 6.45) is 1.24. The van der Waals surface area contributed by atoms with E-state index in [9.17, 15) is 9.59 Å². The van der Waals surface area contributed by atoms with Crippen LogP contribution in [0.2, 0.25) is 0 Å². The van der Waals surface area contributed by atoms with Crippen LogP contribution in [0, 0.1) is 10.5 Å². The molecule has 0 saturated heterocycles. The van der Waals surface area contributed by atoms with Crippen LogP contribution in [0.4, 0.5) is 5.69 Å². The Balaban J connectivity index is 1.87. The molecule has 23 heavy (non-hydrogen) atoms. The number of fused-ring (bicyclic) bond motifs is 1. The van der Waals surface area contributed by atoms with Crippen LogP contribution in [0.3, 0.4) is 0 Å². The van der Waals surface area contributed by atoms with Crippen LogP contribution in [0.1, 0.15) is 5.56 Å². The van der Waals surface area contributed by atoms with Gasteiger partial charge < -0.3 is 5.32 Å². The minimum atomic E-state index is -0.294. The van der Waals surface area contributed by atoms with E-state index in [1.165, 1.54) is 10.8 Å². The number of para-hydroxylation sites is 2. The Bertz CT molecular complexity index is 950. The minimum Gasteiger partial charge on any atom is -0.325 e. The predicted octanol–water partition coefficient (Wildman–Crippen LogP) is 2.95. The van der Waals surface area contributed by atoms with Crippen molar-refractivity contribution in [2.75, 3.05) is 5.32 Å². The number of nitrogens with zero attached hydrogens (tertiary/aromatic N) is 2. The monoisotopic (exact) mass is 419 g/mol. The quantitative estimate of drug-likeness (QED) is 0.665. The molecule has 0 spiro atoms. The molecule has 0 aliphatic heterocycles. The average Bonchev–Trinajstić information content (AvgIpc) is 2.54. The number of halogens is 1. The first-order valence-corrected chi connectivity index (χ1v) is 8.13. The van der Waals surface area contributed by atoms with Gasteiger partial charge in [0, 0.05) is 9.26 Å². The largest absolute Gasteiger partial charge is 0.325 e. The summed E-state index contributed by atoms with van der Waals surface area (Å²) in [5.74, 6) is -0.247. The molecule has 0 bridgehead atoms. The van der Waals surface area contributed by atoms with Gasteiger partial charge in [-0.15, -0.1) is 0 Å². The molecule has 3 aromatic rings. The van der Waals surface area contributed by atoms with E-state index in [1.807, 2.05) is 43.3 Å². The lowest BCUT2D eigenvalue weighted by Crippen LogP contribution is -2.28. The van der Waals surface area contributed by atoms with Gasteiger partial charge in [0.1, 0.15) is 6.54 Å². The number of rotatable bonds is 3. The van der Waals surface area contributed by atoms with Crippen LogP contribution in [0.5, 0.6) is 0 Å². The van der Waals surface area contributed by atoms with Crippen molar-refractivity contribution in [3.05, 3.63) is 68.1 Å². The van der Waals surface area contributed by atoms with Gasteiger partial charge in [0.25, 0.3) is 5.56 Å². The third kappa shape index (κ3) is 3.42. The lowest BCUT2D eigenvalue weighted by atomic mass is 10.2. The van der Waals surface area contributed by atoms with Crippen LogP contribution in [0.25, 0.3) is 11.0 Å². The van der Waals surface area contributed by atoms with E-state index < -0.39 is 0 Å². The number of nitrogens with one attached hydrogen (secondary N) is 1. The fourth-order valence-corrected chi connectivity index (χ4v) is 2.81. The van der Waals surface area contributed by atoms with Gasteiger partial charge in [-0.05, 0) is 59.3 Å². The number of aromatic nitrogens is 2. The van der Waals surface area contributed by atoms with E-state index >= 15 is 0 Å². The summed E-state index contributed by atoms with van der Waals surface area (Å²) in [7, 11) is 0. The molecule has 1 heterocycles. The van der Waals surface area contributed by atoms with E-state index in [-0.39, 0.29) is 18.0 Å². The summed E-state index contributed by atoms with van der Waals surface area (Å²) in [4.78, 5) is 28.4. The van der Waals surface area contributed by atoms with Gasteiger partial charge in [0.2, 0.25) is 5.91 Å². The molecular formula is C17H14IN3O2. The molecule has 116 valence electrons. The first-order valence-electron chi connectivity index (χ1n) is 7.05. The zero-order valence-corrected chi connectivity index (χ0v) is 14.6. The maximum absolute atomic E-state index is 12.3. The van der Waals surface area contributed by atoms with Crippen LogP contribution in [0.15, 0.2) is 53.5 Å². The first-order chi connectivity index (χ1) is 11.0. The molecule has 1 N–H and O–H groups in total. The number of aryl methyl sites for hydroxylation is 1. The molecule has 1 amide bonds. The highest BCUT2D eigenvalue weighted by molar-refractivity contribution is 14.1. The zero-order valence-electron chi connectivity index (χ0n) is 12.4. The lowest BCUT2D eigenvalue weighted by Gasteiger charge is -2.10. The van der Waals surface area contributed by atoms with Crippen LogP contribution >= 0.6 is 22.6 Å². The highest BCUT2D eigenvalue weighted by Crippen LogP contribution is 2.17. The van der Waals surface area contributed by atoms with Crippen molar-refractivity contribution in [3.8, 4) is 0 Å². The number of hydrogen-bond acceptors (Lipinski definition) is 3. The lowest BCUT2D eigenvalue weighted by molar-refractivity contribution is -0.116. The minimum absolute atomic E-state index is 0.0493.